The van der Waals surface area contributed by atoms with E-state index in [9.17, 15) is 10.2 Å². The van der Waals surface area contributed by atoms with Crippen molar-refractivity contribution in [3.05, 3.63) is 42.0 Å². The fourth-order valence-electron chi connectivity index (χ4n) is 2.89. The third-order valence-corrected chi connectivity index (χ3v) is 5.28. The predicted octanol–water partition coefficient (Wildman–Crippen LogP) is 3.13. The molecule has 0 amide bonds. The topological polar surface area (TPSA) is 52.5 Å². The number of phenolic OH excluding ortho intramolecular Hbond substituents is 2. The van der Waals surface area contributed by atoms with Gasteiger partial charge in [0.05, 0.1) is 5.54 Å². The summed E-state index contributed by atoms with van der Waals surface area (Å²) >= 11 is 1.88. The molecular weight excluding hydrogens is 258 g/mol. The number of thioether (sulfide) groups is 1. The molecule has 4 rings (SSSR count). The summed E-state index contributed by atoms with van der Waals surface area (Å²) in [5, 5.41) is 23.0. The van der Waals surface area contributed by atoms with Crippen LogP contribution in [0.1, 0.15) is 5.56 Å². The summed E-state index contributed by atoms with van der Waals surface area (Å²) in [6.45, 7) is 0. The van der Waals surface area contributed by atoms with Gasteiger partial charge in [-0.15, -0.1) is 0 Å². The standard InChI is InChI=1S/C15H13NO2S/c17-9-1-3-11-12-4-2-10(18)6-14(12)16-15(7-19-8-15)13(11)5-9/h1-6,16-18H,7-8H2. The van der Waals surface area contributed by atoms with Crippen LogP contribution in [0.3, 0.4) is 0 Å². The normalized spacial score (nSPS) is 18.1. The van der Waals surface area contributed by atoms with Crippen LogP contribution in [0.2, 0.25) is 0 Å². The number of hydrogen-bond donors (Lipinski definition) is 3. The molecule has 1 fully saturated rings. The van der Waals surface area contributed by atoms with Gasteiger partial charge in [-0.3, -0.25) is 0 Å². The van der Waals surface area contributed by atoms with E-state index in [-0.39, 0.29) is 11.3 Å². The molecule has 0 radical (unpaired) electrons. The Morgan fingerprint density at radius 2 is 1.63 bits per heavy atom. The lowest BCUT2D eigenvalue weighted by Crippen LogP contribution is -2.49. The van der Waals surface area contributed by atoms with Crippen LogP contribution >= 0.6 is 11.8 Å². The summed E-state index contributed by atoms with van der Waals surface area (Å²) in [5.74, 6) is 2.55. The summed E-state index contributed by atoms with van der Waals surface area (Å²) in [6.07, 6.45) is 0. The van der Waals surface area contributed by atoms with E-state index in [1.165, 1.54) is 0 Å². The Morgan fingerprint density at radius 1 is 0.947 bits per heavy atom. The molecule has 0 unspecified atom stereocenters. The van der Waals surface area contributed by atoms with E-state index in [0.29, 0.717) is 5.75 Å². The molecule has 0 bridgehead atoms. The third-order valence-electron chi connectivity index (χ3n) is 3.88. The molecule has 1 spiro atoms. The highest BCUT2D eigenvalue weighted by atomic mass is 32.2. The van der Waals surface area contributed by atoms with E-state index in [1.807, 2.05) is 30.0 Å². The Morgan fingerprint density at radius 3 is 2.32 bits per heavy atom. The van der Waals surface area contributed by atoms with E-state index in [0.717, 1.165) is 33.9 Å². The Balaban J connectivity index is 2.00. The number of hydrogen-bond acceptors (Lipinski definition) is 4. The second-order valence-electron chi connectivity index (χ2n) is 5.16. The Bertz CT molecular complexity index is 680. The molecule has 2 aliphatic heterocycles. The zero-order valence-electron chi connectivity index (χ0n) is 10.2. The van der Waals surface area contributed by atoms with Crippen molar-refractivity contribution < 1.29 is 10.2 Å². The summed E-state index contributed by atoms with van der Waals surface area (Å²) < 4.78 is 0. The van der Waals surface area contributed by atoms with Gasteiger partial charge in [-0.1, -0.05) is 6.07 Å². The van der Waals surface area contributed by atoms with E-state index >= 15 is 0 Å². The average Bonchev–Trinajstić information content (AvgIpc) is 2.35. The fourth-order valence-corrected chi connectivity index (χ4v) is 3.96. The number of anilines is 1. The predicted molar refractivity (Wildman–Crippen MR) is 77.8 cm³/mol. The van der Waals surface area contributed by atoms with Gasteiger partial charge in [0.15, 0.2) is 0 Å². The van der Waals surface area contributed by atoms with Crippen LogP contribution in [-0.4, -0.2) is 21.7 Å². The number of fused-ring (bicyclic) bond motifs is 4. The first-order chi connectivity index (χ1) is 9.18. The molecule has 0 aliphatic carbocycles. The van der Waals surface area contributed by atoms with Gasteiger partial charge in [-0.2, -0.15) is 11.8 Å². The molecule has 2 heterocycles. The Hall–Kier alpha value is -1.81. The van der Waals surface area contributed by atoms with Crippen molar-refractivity contribution in [2.45, 2.75) is 5.54 Å². The molecule has 4 heteroatoms. The van der Waals surface area contributed by atoms with Gasteiger partial charge in [-0.05, 0) is 35.4 Å². The van der Waals surface area contributed by atoms with Crippen molar-refractivity contribution in [3.8, 4) is 22.6 Å². The van der Waals surface area contributed by atoms with Crippen molar-refractivity contribution >= 4 is 17.4 Å². The van der Waals surface area contributed by atoms with Crippen LogP contribution in [0, 0.1) is 0 Å². The third kappa shape index (κ3) is 1.46. The first kappa shape index (κ1) is 11.1. The first-order valence-corrected chi connectivity index (χ1v) is 7.36. The first-order valence-electron chi connectivity index (χ1n) is 6.21. The maximum Gasteiger partial charge on any atom is 0.117 e. The second-order valence-corrected chi connectivity index (χ2v) is 6.15. The van der Waals surface area contributed by atoms with Crippen LogP contribution in [0.5, 0.6) is 11.5 Å². The average molecular weight is 271 g/mol. The van der Waals surface area contributed by atoms with Gasteiger partial charge in [0.25, 0.3) is 0 Å². The van der Waals surface area contributed by atoms with Crippen LogP contribution in [0.15, 0.2) is 36.4 Å². The highest BCUT2D eigenvalue weighted by molar-refractivity contribution is 8.00. The van der Waals surface area contributed by atoms with Crippen molar-refractivity contribution in [1.82, 2.24) is 0 Å². The van der Waals surface area contributed by atoms with Crippen molar-refractivity contribution in [3.63, 3.8) is 0 Å². The molecule has 0 atom stereocenters. The summed E-state index contributed by atoms with van der Waals surface area (Å²) in [4.78, 5) is 0. The van der Waals surface area contributed by atoms with Gasteiger partial charge in [0.1, 0.15) is 11.5 Å². The lowest BCUT2D eigenvalue weighted by molar-refractivity contribution is 0.470. The zero-order chi connectivity index (χ0) is 13.0. The fraction of sp³-hybridized carbons (Fsp3) is 0.200. The monoisotopic (exact) mass is 271 g/mol. The van der Waals surface area contributed by atoms with Gasteiger partial charge in [0, 0.05) is 28.8 Å². The maximum atomic E-state index is 9.76. The molecule has 1 saturated heterocycles. The molecule has 3 nitrogen and oxygen atoms in total. The molecule has 2 aromatic carbocycles. The minimum absolute atomic E-state index is 0.0977. The number of aromatic hydroxyl groups is 2. The number of nitrogens with one attached hydrogen (secondary N) is 1. The minimum Gasteiger partial charge on any atom is -0.508 e. The van der Waals surface area contributed by atoms with Crippen LogP contribution in [0.4, 0.5) is 5.69 Å². The smallest absolute Gasteiger partial charge is 0.117 e. The zero-order valence-corrected chi connectivity index (χ0v) is 11.0. The molecule has 2 aromatic rings. The van der Waals surface area contributed by atoms with Gasteiger partial charge in [0.2, 0.25) is 0 Å². The summed E-state index contributed by atoms with van der Waals surface area (Å²) in [7, 11) is 0. The molecular formula is C15H13NO2S. The number of rotatable bonds is 0. The molecule has 19 heavy (non-hydrogen) atoms. The van der Waals surface area contributed by atoms with E-state index in [1.54, 1.807) is 18.2 Å². The van der Waals surface area contributed by atoms with Crippen molar-refractivity contribution in [1.29, 1.82) is 0 Å². The lowest BCUT2D eigenvalue weighted by Gasteiger charge is -2.47. The van der Waals surface area contributed by atoms with E-state index < -0.39 is 0 Å². The van der Waals surface area contributed by atoms with Gasteiger partial charge < -0.3 is 15.5 Å². The minimum atomic E-state index is -0.0977. The number of phenols is 2. The van der Waals surface area contributed by atoms with Gasteiger partial charge >= 0.3 is 0 Å². The van der Waals surface area contributed by atoms with Crippen molar-refractivity contribution in [2.75, 3.05) is 16.8 Å². The van der Waals surface area contributed by atoms with E-state index in [4.69, 9.17) is 0 Å². The van der Waals surface area contributed by atoms with Crippen molar-refractivity contribution in [2.24, 2.45) is 0 Å². The largest absolute Gasteiger partial charge is 0.508 e. The molecule has 0 saturated carbocycles. The quantitative estimate of drug-likeness (QED) is 0.689. The molecule has 3 N–H and O–H groups in total. The Kier molecular flexibility index (Phi) is 2.10. The second kappa shape index (κ2) is 3.61. The molecule has 0 aromatic heterocycles. The Labute approximate surface area is 115 Å². The molecule has 2 aliphatic rings. The maximum absolute atomic E-state index is 9.76. The van der Waals surface area contributed by atoms with E-state index in [2.05, 4.69) is 5.32 Å². The highest BCUT2D eigenvalue weighted by Crippen LogP contribution is 2.51. The SMILES string of the molecule is Oc1ccc2c(c1)NC1(CSC1)c1cc(O)ccc1-2. The van der Waals surface area contributed by atoms with Crippen LogP contribution in [-0.2, 0) is 5.54 Å². The highest BCUT2D eigenvalue weighted by Gasteiger charge is 2.44. The summed E-state index contributed by atoms with van der Waals surface area (Å²) in [6, 6.07) is 10.9. The molecule has 96 valence electrons. The van der Waals surface area contributed by atoms with Crippen LogP contribution in [0.25, 0.3) is 11.1 Å². The van der Waals surface area contributed by atoms with Gasteiger partial charge in [-0.25, -0.2) is 0 Å². The number of benzene rings is 2. The summed E-state index contributed by atoms with van der Waals surface area (Å²) in [5.41, 5.74) is 4.25. The van der Waals surface area contributed by atoms with Crippen LogP contribution < -0.4 is 5.32 Å². The lowest BCUT2D eigenvalue weighted by atomic mass is 9.81.